The number of hydrogen-bond acceptors (Lipinski definition) is 4. The SMILES string of the molecule is CCOC(=O)c1cc(C(C)C)nc(C)n1. The third-order valence-corrected chi connectivity index (χ3v) is 1.93. The van der Waals surface area contributed by atoms with Crippen molar-refractivity contribution >= 4 is 5.97 Å². The van der Waals surface area contributed by atoms with Crippen LogP contribution in [0.1, 0.15) is 48.7 Å². The zero-order valence-corrected chi connectivity index (χ0v) is 9.57. The molecule has 0 fully saturated rings. The molecule has 0 aliphatic rings. The third-order valence-electron chi connectivity index (χ3n) is 1.93. The van der Waals surface area contributed by atoms with Gasteiger partial charge in [0.05, 0.1) is 6.61 Å². The van der Waals surface area contributed by atoms with Crippen molar-refractivity contribution in [3.63, 3.8) is 0 Å². The van der Waals surface area contributed by atoms with Crippen LogP contribution in [0.4, 0.5) is 0 Å². The second kappa shape index (κ2) is 4.87. The lowest BCUT2D eigenvalue weighted by Gasteiger charge is -2.07. The topological polar surface area (TPSA) is 52.1 Å². The molecule has 0 unspecified atom stereocenters. The molecule has 82 valence electrons. The van der Waals surface area contributed by atoms with Crippen molar-refractivity contribution in [1.82, 2.24) is 9.97 Å². The summed E-state index contributed by atoms with van der Waals surface area (Å²) in [5.74, 6) is 0.494. The number of esters is 1. The number of aryl methyl sites for hydroxylation is 1. The highest BCUT2D eigenvalue weighted by Gasteiger charge is 2.12. The highest BCUT2D eigenvalue weighted by Crippen LogP contribution is 2.13. The molecule has 0 aliphatic carbocycles. The van der Waals surface area contributed by atoms with Crippen molar-refractivity contribution in [2.24, 2.45) is 0 Å². The molecule has 0 saturated carbocycles. The number of ether oxygens (including phenoxy) is 1. The van der Waals surface area contributed by atoms with E-state index < -0.39 is 0 Å². The van der Waals surface area contributed by atoms with Gasteiger partial charge in [0, 0.05) is 5.69 Å². The second-order valence-corrected chi connectivity index (χ2v) is 3.60. The van der Waals surface area contributed by atoms with Crippen molar-refractivity contribution < 1.29 is 9.53 Å². The molecule has 15 heavy (non-hydrogen) atoms. The summed E-state index contributed by atoms with van der Waals surface area (Å²) >= 11 is 0. The molecule has 0 atom stereocenters. The van der Waals surface area contributed by atoms with Crippen LogP contribution in [0.5, 0.6) is 0 Å². The van der Waals surface area contributed by atoms with Crippen LogP contribution < -0.4 is 0 Å². The fourth-order valence-electron chi connectivity index (χ4n) is 1.20. The summed E-state index contributed by atoms with van der Waals surface area (Å²) in [6.45, 7) is 7.95. The van der Waals surface area contributed by atoms with E-state index in [1.54, 1.807) is 19.9 Å². The molecule has 0 spiro atoms. The first-order chi connectivity index (χ1) is 7.04. The summed E-state index contributed by atoms with van der Waals surface area (Å²) < 4.78 is 4.89. The molecule has 0 aromatic carbocycles. The Kier molecular flexibility index (Phi) is 3.77. The van der Waals surface area contributed by atoms with Crippen LogP contribution in [0.2, 0.25) is 0 Å². The third kappa shape index (κ3) is 3.01. The van der Waals surface area contributed by atoms with Gasteiger partial charge in [-0.2, -0.15) is 0 Å². The fraction of sp³-hybridized carbons (Fsp3) is 0.545. The van der Waals surface area contributed by atoms with Gasteiger partial charge in [-0.1, -0.05) is 13.8 Å². The van der Waals surface area contributed by atoms with Gasteiger partial charge in [0.15, 0.2) is 5.69 Å². The molecule has 1 heterocycles. The van der Waals surface area contributed by atoms with Gasteiger partial charge in [-0.3, -0.25) is 0 Å². The minimum Gasteiger partial charge on any atom is -0.461 e. The summed E-state index contributed by atoms with van der Waals surface area (Å²) in [6.07, 6.45) is 0. The molecule has 1 aromatic rings. The lowest BCUT2D eigenvalue weighted by Crippen LogP contribution is -2.10. The average molecular weight is 208 g/mol. The minimum absolute atomic E-state index is 0.278. The Labute approximate surface area is 89.7 Å². The molecule has 1 aromatic heterocycles. The molecule has 1 rings (SSSR count). The first-order valence-electron chi connectivity index (χ1n) is 5.07. The van der Waals surface area contributed by atoms with Gasteiger partial charge in [0.25, 0.3) is 0 Å². The summed E-state index contributed by atoms with van der Waals surface area (Å²) in [6, 6.07) is 1.69. The summed E-state index contributed by atoms with van der Waals surface area (Å²) in [5, 5.41) is 0. The quantitative estimate of drug-likeness (QED) is 0.714. The lowest BCUT2D eigenvalue weighted by atomic mass is 10.1. The Morgan fingerprint density at radius 2 is 2.13 bits per heavy atom. The highest BCUT2D eigenvalue weighted by molar-refractivity contribution is 5.87. The summed E-state index contributed by atoms with van der Waals surface area (Å²) in [4.78, 5) is 19.8. The Balaban J connectivity index is 3.03. The molecular formula is C11H16N2O2. The predicted molar refractivity (Wildman–Crippen MR) is 56.8 cm³/mol. The van der Waals surface area contributed by atoms with E-state index in [0.29, 0.717) is 18.1 Å². The molecule has 0 amide bonds. The monoisotopic (exact) mass is 208 g/mol. The molecule has 4 heteroatoms. The van der Waals surface area contributed by atoms with Crippen LogP contribution >= 0.6 is 0 Å². The van der Waals surface area contributed by atoms with Crippen molar-refractivity contribution in [2.45, 2.75) is 33.6 Å². The maximum atomic E-state index is 11.5. The van der Waals surface area contributed by atoms with Gasteiger partial charge in [-0.15, -0.1) is 0 Å². The van der Waals surface area contributed by atoms with Gasteiger partial charge in [0.1, 0.15) is 5.82 Å². The first kappa shape index (κ1) is 11.6. The molecule has 0 aliphatic heterocycles. The molecule has 0 radical (unpaired) electrons. The number of hydrogen-bond donors (Lipinski definition) is 0. The Morgan fingerprint density at radius 1 is 1.47 bits per heavy atom. The van der Waals surface area contributed by atoms with E-state index in [1.807, 2.05) is 13.8 Å². The predicted octanol–water partition coefficient (Wildman–Crippen LogP) is 2.09. The number of nitrogens with zero attached hydrogens (tertiary/aromatic N) is 2. The van der Waals surface area contributed by atoms with Gasteiger partial charge >= 0.3 is 5.97 Å². The maximum absolute atomic E-state index is 11.5. The zero-order chi connectivity index (χ0) is 11.4. The van der Waals surface area contributed by atoms with Crippen LogP contribution in [0.15, 0.2) is 6.07 Å². The normalized spacial score (nSPS) is 10.5. The fourth-order valence-corrected chi connectivity index (χ4v) is 1.20. The van der Waals surface area contributed by atoms with Crippen LogP contribution in [0.3, 0.4) is 0 Å². The van der Waals surface area contributed by atoms with Crippen molar-refractivity contribution in [3.8, 4) is 0 Å². The van der Waals surface area contributed by atoms with Crippen LogP contribution in [-0.2, 0) is 4.74 Å². The molecule has 0 bridgehead atoms. The second-order valence-electron chi connectivity index (χ2n) is 3.60. The lowest BCUT2D eigenvalue weighted by molar-refractivity contribution is 0.0518. The maximum Gasteiger partial charge on any atom is 0.357 e. The Morgan fingerprint density at radius 3 is 2.67 bits per heavy atom. The van der Waals surface area contributed by atoms with Crippen LogP contribution in [0.25, 0.3) is 0 Å². The van der Waals surface area contributed by atoms with Crippen molar-refractivity contribution in [1.29, 1.82) is 0 Å². The number of rotatable bonds is 3. The standard InChI is InChI=1S/C11H16N2O2/c1-5-15-11(14)10-6-9(7(2)3)12-8(4)13-10/h6-7H,5H2,1-4H3. The van der Waals surface area contributed by atoms with Crippen LogP contribution in [0, 0.1) is 6.92 Å². The first-order valence-corrected chi connectivity index (χ1v) is 5.07. The largest absolute Gasteiger partial charge is 0.461 e. The Hall–Kier alpha value is -1.45. The van der Waals surface area contributed by atoms with Gasteiger partial charge in [0.2, 0.25) is 0 Å². The van der Waals surface area contributed by atoms with Crippen molar-refractivity contribution in [2.75, 3.05) is 6.61 Å². The smallest absolute Gasteiger partial charge is 0.357 e. The number of aromatic nitrogens is 2. The zero-order valence-electron chi connectivity index (χ0n) is 9.57. The average Bonchev–Trinajstić information content (AvgIpc) is 2.17. The summed E-state index contributed by atoms with van der Waals surface area (Å²) in [7, 11) is 0. The number of carbonyl (C=O) groups is 1. The minimum atomic E-state index is -0.384. The number of carbonyl (C=O) groups excluding carboxylic acids is 1. The molecular weight excluding hydrogens is 192 g/mol. The molecule has 0 saturated heterocycles. The molecule has 0 N–H and O–H groups in total. The van der Waals surface area contributed by atoms with Gasteiger partial charge in [-0.25, -0.2) is 14.8 Å². The summed E-state index contributed by atoms with van der Waals surface area (Å²) in [5.41, 5.74) is 1.21. The van der Waals surface area contributed by atoms with E-state index in [0.717, 1.165) is 5.69 Å². The van der Waals surface area contributed by atoms with Crippen molar-refractivity contribution in [3.05, 3.63) is 23.3 Å². The van der Waals surface area contributed by atoms with Gasteiger partial charge in [-0.05, 0) is 25.8 Å². The highest BCUT2D eigenvalue weighted by atomic mass is 16.5. The van der Waals surface area contributed by atoms with E-state index >= 15 is 0 Å². The van der Waals surface area contributed by atoms with E-state index in [1.165, 1.54) is 0 Å². The van der Waals surface area contributed by atoms with E-state index in [-0.39, 0.29) is 11.9 Å². The van der Waals surface area contributed by atoms with E-state index in [4.69, 9.17) is 4.74 Å². The van der Waals surface area contributed by atoms with Gasteiger partial charge < -0.3 is 4.74 Å². The molecule has 4 nitrogen and oxygen atoms in total. The van der Waals surface area contributed by atoms with E-state index in [9.17, 15) is 4.79 Å². The van der Waals surface area contributed by atoms with E-state index in [2.05, 4.69) is 9.97 Å². The van der Waals surface area contributed by atoms with Crippen LogP contribution in [-0.4, -0.2) is 22.5 Å². The Bertz CT molecular complexity index is 362.